The average molecular weight is 307 g/mol. The van der Waals surface area contributed by atoms with E-state index in [0.717, 1.165) is 36.4 Å². The third-order valence-corrected chi connectivity index (χ3v) is 4.18. The Bertz CT molecular complexity index is 372. The van der Waals surface area contributed by atoms with Gasteiger partial charge in [0.05, 0.1) is 5.02 Å². The Morgan fingerprint density at radius 3 is 2.94 bits per heavy atom. The van der Waals surface area contributed by atoms with Crippen molar-refractivity contribution < 1.29 is 4.39 Å². The van der Waals surface area contributed by atoms with Gasteiger partial charge >= 0.3 is 0 Å². The number of likely N-dealkylation sites (tertiary alicyclic amines) is 1. The zero-order valence-corrected chi connectivity index (χ0v) is 11.3. The Morgan fingerprint density at radius 1 is 1.50 bits per heavy atom. The summed E-state index contributed by atoms with van der Waals surface area (Å²) in [6.07, 6.45) is 1.24. The molecular formula is C12H14BrClFN. The second-order valence-corrected chi connectivity index (χ2v) is 5.35. The summed E-state index contributed by atoms with van der Waals surface area (Å²) in [5.74, 6) is 0.404. The number of benzene rings is 1. The molecule has 0 N–H and O–H groups in total. The van der Waals surface area contributed by atoms with Gasteiger partial charge in [-0.2, -0.15) is 0 Å². The van der Waals surface area contributed by atoms with Crippen LogP contribution in [0.2, 0.25) is 5.02 Å². The lowest BCUT2D eigenvalue weighted by molar-refractivity contribution is 0.321. The minimum absolute atomic E-state index is 0.216. The number of hydrogen-bond donors (Lipinski definition) is 0. The van der Waals surface area contributed by atoms with E-state index in [1.165, 1.54) is 12.5 Å². The summed E-state index contributed by atoms with van der Waals surface area (Å²) in [5, 5.41) is 1.28. The zero-order valence-electron chi connectivity index (χ0n) is 8.93. The summed E-state index contributed by atoms with van der Waals surface area (Å²) in [5.41, 5.74) is 1.08. The molecule has 88 valence electrons. The Balaban J connectivity index is 1.97. The van der Waals surface area contributed by atoms with Crippen LogP contribution in [0.4, 0.5) is 4.39 Å². The molecule has 0 aliphatic carbocycles. The predicted molar refractivity (Wildman–Crippen MR) is 68.6 cm³/mol. The van der Waals surface area contributed by atoms with E-state index in [-0.39, 0.29) is 10.8 Å². The quantitative estimate of drug-likeness (QED) is 0.770. The normalized spacial score (nSPS) is 21.6. The molecule has 1 aromatic rings. The van der Waals surface area contributed by atoms with Crippen molar-refractivity contribution in [2.45, 2.75) is 13.0 Å². The lowest BCUT2D eigenvalue weighted by Crippen LogP contribution is -2.20. The van der Waals surface area contributed by atoms with Gasteiger partial charge in [0.15, 0.2) is 0 Å². The fourth-order valence-corrected chi connectivity index (χ4v) is 2.81. The van der Waals surface area contributed by atoms with Crippen LogP contribution in [0, 0.1) is 11.7 Å². The van der Waals surface area contributed by atoms with Gasteiger partial charge in [0.1, 0.15) is 5.82 Å². The molecule has 1 fully saturated rings. The molecule has 2 rings (SSSR count). The van der Waals surface area contributed by atoms with E-state index in [1.54, 1.807) is 6.07 Å². The van der Waals surface area contributed by atoms with E-state index < -0.39 is 0 Å². The van der Waals surface area contributed by atoms with E-state index in [0.29, 0.717) is 0 Å². The highest BCUT2D eigenvalue weighted by Crippen LogP contribution is 2.22. The van der Waals surface area contributed by atoms with Gasteiger partial charge in [-0.25, -0.2) is 4.39 Å². The molecule has 0 radical (unpaired) electrons. The molecule has 1 heterocycles. The zero-order chi connectivity index (χ0) is 11.5. The van der Waals surface area contributed by atoms with Gasteiger partial charge in [-0.3, -0.25) is 4.90 Å². The van der Waals surface area contributed by atoms with Crippen LogP contribution in [0.5, 0.6) is 0 Å². The minimum Gasteiger partial charge on any atom is -0.299 e. The molecule has 1 aliphatic heterocycles. The van der Waals surface area contributed by atoms with Crippen LogP contribution < -0.4 is 0 Å². The summed E-state index contributed by atoms with van der Waals surface area (Å²) >= 11 is 9.27. The number of rotatable bonds is 3. The number of halogens is 3. The summed E-state index contributed by atoms with van der Waals surface area (Å²) in [6.45, 7) is 3.09. The largest absolute Gasteiger partial charge is 0.299 e. The van der Waals surface area contributed by atoms with Crippen LogP contribution in [0.1, 0.15) is 12.0 Å². The van der Waals surface area contributed by atoms with Gasteiger partial charge in [0.2, 0.25) is 0 Å². The molecule has 1 nitrogen and oxygen atoms in total. The molecule has 1 unspecified atom stereocenters. The fourth-order valence-electron chi connectivity index (χ4n) is 2.08. The van der Waals surface area contributed by atoms with Crippen molar-refractivity contribution in [1.29, 1.82) is 0 Å². The number of alkyl halides is 1. The van der Waals surface area contributed by atoms with E-state index in [2.05, 4.69) is 20.8 Å². The maximum absolute atomic E-state index is 13.0. The van der Waals surface area contributed by atoms with Gasteiger partial charge in [0.25, 0.3) is 0 Å². The first-order valence-electron chi connectivity index (χ1n) is 5.41. The van der Waals surface area contributed by atoms with Gasteiger partial charge in [-0.1, -0.05) is 33.6 Å². The van der Waals surface area contributed by atoms with E-state index in [9.17, 15) is 4.39 Å². The van der Waals surface area contributed by atoms with Crippen LogP contribution in [0.25, 0.3) is 0 Å². The molecule has 1 aromatic carbocycles. The fraction of sp³-hybridized carbons (Fsp3) is 0.500. The molecule has 1 saturated heterocycles. The highest BCUT2D eigenvalue weighted by molar-refractivity contribution is 9.09. The molecule has 4 heteroatoms. The van der Waals surface area contributed by atoms with Crippen molar-refractivity contribution in [1.82, 2.24) is 4.90 Å². The first-order valence-corrected chi connectivity index (χ1v) is 6.91. The van der Waals surface area contributed by atoms with Crippen LogP contribution >= 0.6 is 27.5 Å². The molecule has 0 aromatic heterocycles. The van der Waals surface area contributed by atoms with Crippen LogP contribution in [-0.2, 0) is 6.54 Å². The third-order valence-electron chi connectivity index (χ3n) is 2.98. The summed E-state index contributed by atoms with van der Waals surface area (Å²) in [6, 6.07) is 4.97. The van der Waals surface area contributed by atoms with Crippen LogP contribution in [-0.4, -0.2) is 23.3 Å². The van der Waals surface area contributed by atoms with Crippen LogP contribution in [0.15, 0.2) is 18.2 Å². The maximum Gasteiger partial charge on any atom is 0.141 e. The predicted octanol–water partition coefficient (Wildman–Crippen LogP) is 3.70. The lowest BCUT2D eigenvalue weighted by Gasteiger charge is -2.15. The van der Waals surface area contributed by atoms with Crippen molar-refractivity contribution in [3.63, 3.8) is 0 Å². The van der Waals surface area contributed by atoms with Gasteiger partial charge in [0, 0.05) is 18.4 Å². The SMILES string of the molecule is Fc1ccc(CN2CCC(CBr)C2)cc1Cl. The first kappa shape index (κ1) is 12.3. The Kier molecular flexibility index (Phi) is 4.22. The monoisotopic (exact) mass is 305 g/mol. The summed E-state index contributed by atoms with van der Waals surface area (Å²) in [4.78, 5) is 2.38. The van der Waals surface area contributed by atoms with Gasteiger partial charge in [-0.15, -0.1) is 0 Å². The summed E-state index contributed by atoms with van der Waals surface area (Å²) in [7, 11) is 0. The summed E-state index contributed by atoms with van der Waals surface area (Å²) < 4.78 is 13.0. The lowest BCUT2D eigenvalue weighted by atomic mass is 10.2. The van der Waals surface area contributed by atoms with E-state index >= 15 is 0 Å². The van der Waals surface area contributed by atoms with Crippen molar-refractivity contribution in [3.05, 3.63) is 34.6 Å². The highest BCUT2D eigenvalue weighted by atomic mass is 79.9. The molecule has 0 spiro atoms. The Hall–Kier alpha value is -0.120. The second kappa shape index (κ2) is 5.48. The topological polar surface area (TPSA) is 3.24 Å². The molecule has 16 heavy (non-hydrogen) atoms. The maximum atomic E-state index is 13.0. The number of hydrogen-bond acceptors (Lipinski definition) is 1. The van der Waals surface area contributed by atoms with Crippen molar-refractivity contribution >= 4 is 27.5 Å². The van der Waals surface area contributed by atoms with Crippen molar-refractivity contribution in [3.8, 4) is 0 Å². The van der Waals surface area contributed by atoms with Gasteiger partial charge in [-0.05, 0) is 36.6 Å². The van der Waals surface area contributed by atoms with Crippen LogP contribution in [0.3, 0.4) is 0 Å². The highest BCUT2D eigenvalue weighted by Gasteiger charge is 2.21. The second-order valence-electron chi connectivity index (χ2n) is 4.29. The molecule has 0 saturated carbocycles. The average Bonchev–Trinajstić information content (AvgIpc) is 2.71. The third kappa shape index (κ3) is 2.96. The standard InChI is InChI=1S/C12H14BrClFN/c13-6-10-3-4-16(8-10)7-9-1-2-12(15)11(14)5-9/h1-2,5,10H,3-4,6-8H2. The van der Waals surface area contributed by atoms with Gasteiger partial charge < -0.3 is 0 Å². The van der Waals surface area contributed by atoms with E-state index in [1.807, 2.05) is 6.07 Å². The Morgan fingerprint density at radius 2 is 2.31 bits per heavy atom. The smallest absolute Gasteiger partial charge is 0.141 e. The molecule has 0 bridgehead atoms. The van der Waals surface area contributed by atoms with Crippen molar-refractivity contribution in [2.24, 2.45) is 5.92 Å². The molecule has 1 atom stereocenters. The van der Waals surface area contributed by atoms with Crippen molar-refractivity contribution in [2.75, 3.05) is 18.4 Å². The van der Waals surface area contributed by atoms with E-state index in [4.69, 9.17) is 11.6 Å². The molecule has 0 amide bonds. The number of nitrogens with zero attached hydrogens (tertiary/aromatic N) is 1. The molecular weight excluding hydrogens is 292 g/mol. The minimum atomic E-state index is -0.342. The first-order chi connectivity index (χ1) is 7.69. The molecule has 1 aliphatic rings. The Labute approximate surface area is 109 Å².